The highest BCUT2D eigenvalue weighted by Gasteiger charge is 2.46. The minimum absolute atomic E-state index is 0.465. The van der Waals surface area contributed by atoms with Crippen LogP contribution in [0.3, 0.4) is 0 Å². The number of rotatable bonds is 9. The summed E-state index contributed by atoms with van der Waals surface area (Å²) < 4.78 is 53.2. The third-order valence-electron chi connectivity index (χ3n) is 3.74. The van der Waals surface area contributed by atoms with Gasteiger partial charge in [-0.3, -0.25) is 0 Å². The first kappa shape index (κ1) is 19.7. The first-order valence-electron chi connectivity index (χ1n) is 7.73. The summed E-state index contributed by atoms with van der Waals surface area (Å²) in [4.78, 5) is 0. The number of aliphatic hydroxyl groups excluding tert-OH is 1. The van der Waals surface area contributed by atoms with Gasteiger partial charge < -0.3 is 16.2 Å². The van der Waals surface area contributed by atoms with Gasteiger partial charge in [0.15, 0.2) is 6.10 Å². The second-order valence-electron chi connectivity index (χ2n) is 5.35. The fourth-order valence-electron chi connectivity index (χ4n) is 2.39. The molecule has 0 aromatic heterocycles. The van der Waals surface area contributed by atoms with Gasteiger partial charge in [0.2, 0.25) is 0 Å². The smallest absolute Gasteiger partial charge is 0.304 e. The predicted molar refractivity (Wildman–Crippen MR) is 83.3 cm³/mol. The minimum Gasteiger partial charge on any atom is -0.385 e. The van der Waals surface area contributed by atoms with Crippen molar-refractivity contribution in [1.29, 1.82) is 0 Å². The Hall–Kier alpha value is -1.34. The molecular weight excluding hydrogens is 312 g/mol. The van der Waals surface area contributed by atoms with E-state index < -0.39 is 24.0 Å². The lowest BCUT2D eigenvalue weighted by atomic mass is 9.94. The van der Waals surface area contributed by atoms with E-state index in [-0.39, 0.29) is 0 Å². The number of hydrogen-bond donors (Lipinski definition) is 3. The Kier molecular flexibility index (Phi) is 7.28. The van der Waals surface area contributed by atoms with Crippen molar-refractivity contribution in [3.63, 3.8) is 0 Å². The Morgan fingerprint density at radius 2 is 1.70 bits per heavy atom. The highest BCUT2D eigenvalue weighted by molar-refractivity contribution is 5.60. The van der Waals surface area contributed by atoms with Crippen LogP contribution in [0.1, 0.15) is 37.0 Å². The Morgan fingerprint density at radius 1 is 1.17 bits per heavy atom. The summed E-state index contributed by atoms with van der Waals surface area (Å²) in [5.74, 6) is -4.00. The van der Waals surface area contributed by atoms with E-state index in [2.05, 4.69) is 5.32 Å². The molecule has 0 fully saturated rings. The molecule has 0 aliphatic heterocycles. The van der Waals surface area contributed by atoms with Gasteiger partial charge in [0.25, 0.3) is 6.43 Å². The van der Waals surface area contributed by atoms with Crippen molar-refractivity contribution < 1.29 is 22.7 Å². The number of nitrogens with two attached hydrogens (primary N) is 1. The topological polar surface area (TPSA) is 58.3 Å². The minimum atomic E-state index is -4.00. The van der Waals surface area contributed by atoms with Gasteiger partial charge in [-0.25, -0.2) is 8.78 Å². The second kappa shape index (κ2) is 8.49. The maximum atomic E-state index is 14.1. The van der Waals surface area contributed by atoms with Crippen molar-refractivity contribution in [2.75, 3.05) is 18.4 Å². The van der Waals surface area contributed by atoms with Gasteiger partial charge in [0.05, 0.1) is 0 Å². The molecule has 0 saturated carbocycles. The third-order valence-corrected chi connectivity index (χ3v) is 3.74. The second-order valence-corrected chi connectivity index (χ2v) is 5.35. The molecule has 0 saturated heterocycles. The lowest BCUT2D eigenvalue weighted by molar-refractivity contribution is -0.168. The summed E-state index contributed by atoms with van der Waals surface area (Å²) in [5, 5.41) is 12.3. The number of aliphatic hydroxyl groups is 1. The van der Waals surface area contributed by atoms with Crippen LogP contribution in [0.15, 0.2) is 12.1 Å². The van der Waals surface area contributed by atoms with E-state index in [4.69, 9.17) is 10.8 Å². The van der Waals surface area contributed by atoms with Crippen LogP contribution < -0.4 is 11.1 Å². The number of halogens is 4. The van der Waals surface area contributed by atoms with Crippen LogP contribution in [0.2, 0.25) is 0 Å². The maximum absolute atomic E-state index is 14.1. The molecule has 4 N–H and O–H groups in total. The van der Waals surface area contributed by atoms with Gasteiger partial charge in [-0.15, -0.1) is 0 Å². The Balaban J connectivity index is 3.27. The van der Waals surface area contributed by atoms with Gasteiger partial charge >= 0.3 is 5.92 Å². The molecule has 0 radical (unpaired) electrons. The maximum Gasteiger partial charge on any atom is 0.304 e. The van der Waals surface area contributed by atoms with Crippen molar-refractivity contribution in [3.05, 3.63) is 28.8 Å². The molecule has 7 heteroatoms. The average molecular weight is 336 g/mol. The largest absolute Gasteiger partial charge is 0.385 e. The van der Waals surface area contributed by atoms with Gasteiger partial charge in [0.1, 0.15) is 0 Å². The van der Waals surface area contributed by atoms with Crippen LogP contribution in [0.25, 0.3) is 0 Å². The molecule has 0 amide bonds. The SMILES string of the molecule is CCc1cc(C(F)(F)C(O)C(F)F)cc(CC)c1NCCCN. The number of benzene rings is 1. The molecule has 0 aliphatic rings. The number of alkyl halides is 4. The van der Waals surface area contributed by atoms with E-state index in [0.29, 0.717) is 37.1 Å². The van der Waals surface area contributed by atoms with E-state index in [1.807, 2.05) is 0 Å². The van der Waals surface area contributed by atoms with Gasteiger partial charge in [-0.2, -0.15) is 8.78 Å². The van der Waals surface area contributed by atoms with E-state index >= 15 is 0 Å². The molecule has 0 spiro atoms. The summed E-state index contributed by atoms with van der Waals surface area (Å²) in [6.45, 7) is 4.71. The molecular formula is C16H24F4N2O. The van der Waals surface area contributed by atoms with Crippen molar-refractivity contribution in [1.82, 2.24) is 0 Å². The molecule has 132 valence electrons. The monoisotopic (exact) mass is 336 g/mol. The Morgan fingerprint density at radius 3 is 2.09 bits per heavy atom. The molecule has 0 heterocycles. The molecule has 23 heavy (non-hydrogen) atoms. The van der Waals surface area contributed by atoms with Crippen molar-refractivity contribution in [3.8, 4) is 0 Å². The quantitative estimate of drug-likeness (QED) is 0.479. The van der Waals surface area contributed by atoms with Crippen LogP contribution in [0.5, 0.6) is 0 Å². The van der Waals surface area contributed by atoms with Crippen LogP contribution in [-0.4, -0.2) is 30.7 Å². The molecule has 1 aromatic carbocycles. The molecule has 1 rings (SSSR count). The van der Waals surface area contributed by atoms with Crippen LogP contribution in [-0.2, 0) is 18.8 Å². The standard InChI is InChI=1S/C16H24F4N2O/c1-3-10-8-12(16(19,20)14(23)15(17)18)9-11(4-2)13(10)22-7-5-6-21/h8-9,14-15,22-23H,3-7,21H2,1-2H3. The summed E-state index contributed by atoms with van der Waals surface area (Å²) in [6.07, 6.45) is -4.87. The van der Waals surface area contributed by atoms with E-state index in [1.54, 1.807) is 13.8 Å². The van der Waals surface area contributed by atoms with Crippen molar-refractivity contribution in [2.24, 2.45) is 5.73 Å². The van der Waals surface area contributed by atoms with Crippen molar-refractivity contribution >= 4 is 5.69 Å². The van der Waals surface area contributed by atoms with Crippen LogP contribution in [0.4, 0.5) is 23.2 Å². The summed E-state index contributed by atoms with van der Waals surface area (Å²) >= 11 is 0. The summed E-state index contributed by atoms with van der Waals surface area (Å²) in [5.41, 5.74) is 6.82. The zero-order valence-corrected chi connectivity index (χ0v) is 13.4. The van der Waals surface area contributed by atoms with Gasteiger partial charge in [0, 0.05) is 17.8 Å². The molecule has 1 unspecified atom stereocenters. The number of aryl methyl sites for hydroxylation is 2. The predicted octanol–water partition coefficient (Wildman–Crippen LogP) is 3.29. The number of hydrogen-bond acceptors (Lipinski definition) is 3. The Bertz CT molecular complexity index is 484. The molecule has 1 aromatic rings. The van der Waals surface area contributed by atoms with Gasteiger partial charge in [-0.1, -0.05) is 13.8 Å². The zero-order chi connectivity index (χ0) is 17.6. The zero-order valence-electron chi connectivity index (χ0n) is 13.4. The lowest BCUT2D eigenvalue weighted by Gasteiger charge is -2.25. The van der Waals surface area contributed by atoms with Gasteiger partial charge in [-0.05, 0) is 49.1 Å². The van der Waals surface area contributed by atoms with Crippen LogP contribution in [0, 0.1) is 0 Å². The fourth-order valence-corrected chi connectivity index (χ4v) is 2.39. The Labute approximate surface area is 133 Å². The van der Waals surface area contributed by atoms with E-state index in [0.717, 1.165) is 12.1 Å². The third kappa shape index (κ3) is 4.57. The molecule has 3 nitrogen and oxygen atoms in total. The normalized spacial score (nSPS) is 13.4. The van der Waals surface area contributed by atoms with Crippen molar-refractivity contribution in [2.45, 2.75) is 51.6 Å². The number of nitrogens with one attached hydrogen (secondary N) is 1. The fraction of sp³-hybridized carbons (Fsp3) is 0.625. The van der Waals surface area contributed by atoms with E-state index in [1.165, 1.54) is 12.1 Å². The number of anilines is 1. The molecule has 0 aliphatic carbocycles. The lowest BCUT2D eigenvalue weighted by Crippen LogP contribution is -2.37. The molecule has 1 atom stereocenters. The van der Waals surface area contributed by atoms with E-state index in [9.17, 15) is 17.6 Å². The average Bonchev–Trinajstić information content (AvgIpc) is 2.53. The highest BCUT2D eigenvalue weighted by Crippen LogP contribution is 2.38. The first-order chi connectivity index (χ1) is 10.8. The summed E-state index contributed by atoms with van der Waals surface area (Å²) in [6, 6.07) is 2.38. The summed E-state index contributed by atoms with van der Waals surface area (Å²) in [7, 11) is 0. The first-order valence-corrected chi connectivity index (χ1v) is 7.73. The molecule has 0 bridgehead atoms. The highest BCUT2D eigenvalue weighted by atomic mass is 19.3. The van der Waals surface area contributed by atoms with Crippen LogP contribution >= 0.6 is 0 Å².